The predicted molar refractivity (Wildman–Crippen MR) is 65.3 cm³/mol. The second-order valence-electron chi connectivity index (χ2n) is 3.07. The monoisotopic (exact) mass is 274 g/mol. The maximum atomic E-state index is 6.14. The molecule has 0 unspecified atom stereocenters. The van der Waals surface area contributed by atoms with Crippen LogP contribution in [0, 0.1) is 0 Å². The molecule has 0 amide bonds. The molecular weight excluding hydrogens is 259 g/mol. The molecule has 0 atom stereocenters. The van der Waals surface area contributed by atoms with E-state index in [-0.39, 0.29) is 0 Å². The van der Waals surface area contributed by atoms with E-state index >= 15 is 0 Å². The van der Waals surface area contributed by atoms with Gasteiger partial charge >= 0.3 is 97.5 Å². The number of unbranched alkanes of at least 4 members (excludes halogenated alkanes) is 2. The molecule has 14 heavy (non-hydrogen) atoms. The molecule has 1 rings (SSSR count). The van der Waals surface area contributed by atoms with Gasteiger partial charge in [-0.15, -0.1) is 0 Å². The molecule has 0 aliphatic rings. The Balaban J connectivity index is 2.40. The van der Waals surface area contributed by atoms with Crippen LogP contribution in [-0.4, -0.2) is 15.0 Å². The number of hydrogen-bond acceptors (Lipinski definition) is 0. The minimum atomic E-state index is 0.302. The van der Waals surface area contributed by atoms with Gasteiger partial charge in [-0.1, -0.05) is 0 Å². The van der Waals surface area contributed by atoms with Crippen LogP contribution in [0.3, 0.4) is 0 Å². The molecule has 76 valence electrons. The van der Waals surface area contributed by atoms with Crippen LogP contribution in [0.25, 0.3) is 0 Å². The molecule has 0 radical (unpaired) electrons. The van der Waals surface area contributed by atoms with Gasteiger partial charge in [-0.25, -0.2) is 0 Å². The average molecular weight is 274 g/mol. The van der Waals surface area contributed by atoms with Gasteiger partial charge in [0.05, 0.1) is 0 Å². The zero-order valence-corrected chi connectivity index (χ0v) is 10.8. The van der Waals surface area contributed by atoms with Gasteiger partial charge in [0, 0.05) is 0 Å². The van der Waals surface area contributed by atoms with Crippen LogP contribution < -0.4 is 4.46 Å². The van der Waals surface area contributed by atoms with Crippen molar-refractivity contribution >= 4 is 31.0 Å². The molecule has 0 fully saturated rings. The second-order valence-corrected chi connectivity index (χ2v) is 6.32. The normalized spacial score (nSPS) is 11.7. The van der Waals surface area contributed by atoms with Crippen molar-refractivity contribution in [1.82, 2.24) is 0 Å². The molecule has 0 spiro atoms. The summed E-state index contributed by atoms with van der Waals surface area (Å²) in [5.74, 6) is 0. The zero-order chi connectivity index (χ0) is 10.2. The van der Waals surface area contributed by atoms with E-state index in [1.54, 1.807) is 0 Å². The number of allylic oxidation sites excluding steroid dienone is 1. The second kappa shape index (κ2) is 7.11. The predicted octanol–water partition coefficient (Wildman–Crippen LogP) is 3.29. The summed E-state index contributed by atoms with van der Waals surface area (Å²) in [6.07, 6.45) is 5.75. The summed E-state index contributed by atoms with van der Waals surface area (Å²) in [6, 6.07) is 10.4. The number of halogens is 1. The van der Waals surface area contributed by atoms with Crippen molar-refractivity contribution in [2.75, 3.05) is 0 Å². The third-order valence-corrected chi connectivity index (χ3v) is 4.20. The molecular formula is C12H15ClSe. The van der Waals surface area contributed by atoms with Crippen molar-refractivity contribution in [3.05, 3.63) is 40.3 Å². The van der Waals surface area contributed by atoms with E-state index in [2.05, 4.69) is 37.3 Å². The minimum absolute atomic E-state index is 0.302. The fourth-order valence-electron chi connectivity index (χ4n) is 1.06. The Morgan fingerprint density at radius 2 is 2.07 bits per heavy atom. The summed E-state index contributed by atoms with van der Waals surface area (Å²) in [4.78, 5) is 0. The number of rotatable bonds is 5. The molecule has 2 heteroatoms. The molecule has 0 saturated carbocycles. The molecule has 0 nitrogen and oxygen atoms in total. The van der Waals surface area contributed by atoms with Crippen molar-refractivity contribution in [2.45, 2.75) is 26.2 Å². The standard InChI is InChI=1S/C12H15ClSe/c1-2-3-5-10-12(13)14-11-8-6-4-7-9-11/h4,6-10H,2-3,5H2,1H3. The van der Waals surface area contributed by atoms with Crippen LogP contribution >= 0.6 is 11.6 Å². The van der Waals surface area contributed by atoms with E-state index in [1.807, 2.05) is 6.07 Å². The van der Waals surface area contributed by atoms with E-state index in [9.17, 15) is 0 Å². The van der Waals surface area contributed by atoms with Crippen molar-refractivity contribution in [2.24, 2.45) is 0 Å². The molecule has 0 heterocycles. The van der Waals surface area contributed by atoms with Gasteiger partial charge in [-0.05, 0) is 0 Å². The Labute approximate surface area is 97.5 Å². The van der Waals surface area contributed by atoms with Crippen LogP contribution in [0.2, 0.25) is 0 Å². The summed E-state index contributed by atoms with van der Waals surface area (Å²) in [7, 11) is 0. The fraction of sp³-hybridized carbons (Fsp3) is 0.333. The molecule has 0 aliphatic heterocycles. The zero-order valence-electron chi connectivity index (χ0n) is 8.37. The van der Waals surface area contributed by atoms with Crippen molar-refractivity contribution < 1.29 is 0 Å². The first-order valence-electron chi connectivity index (χ1n) is 4.91. The first kappa shape index (κ1) is 11.8. The quantitative estimate of drug-likeness (QED) is 0.570. The van der Waals surface area contributed by atoms with Crippen LogP contribution in [0.4, 0.5) is 0 Å². The molecule has 0 saturated heterocycles. The van der Waals surface area contributed by atoms with E-state index in [0.29, 0.717) is 15.0 Å². The van der Waals surface area contributed by atoms with Crippen molar-refractivity contribution in [1.29, 1.82) is 0 Å². The summed E-state index contributed by atoms with van der Waals surface area (Å²) in [5.41, 5.74) is 0. The van der Waals surface area contributed by atoms with Gasteiger partial charge in [0.15, 0.2) is 0 Å². The van der Waals surface area contributed by atoms with E-state index in [4.69, 9.17) is 11.6 Å². The van der Waals surface area contributed by atoms with E-state index < -0.39 is 0 Å². The molecule has 1 aromatic carbocycles. The SMILES string of the molecule is CCCCC=C(Cl)[Se]c1ccccc1. The topological polar surface area (TPSA) is 0 Å². The van der Waals surface area contributed by atoms with Crippen LogP contribution in [0.5, 0.6) is 0 Å². The van der Waals surface area contributed by atoms with E-state index in [0.717, 1.165) is 10.4 Å². The summed E-state index contributed by atoms with van der Waals surface area (Å²) in [6.45, 7) is 2.20. The Morgan fingerprint density at radius 3 is 2.71 bits per heavy atom. The number of hydrogen-bond donors (Lipinski definition) is 0. The Morgan fingerprint density at radius 1 is 1.36 bits per heavy atom. The molecule has 1 aromatic rings. The van der Waals surface area contributed by atoms with Gasteiger partial charge in [0.2, 0.25) is 0 Å². The summed E-state index contributed by atoms with van der Waals surface area (Å²) in [5, 5.41) is 0. The van der Waals surface area contributed by atoms with E-state index in [1.165, 1.54) is 17.3 Å². The van der Waals surface area contributed by atoms with Crippen LogP contribution in [0.1, 0.15) is 26.2 Å². The molecule has 0 N–H and O–H groups in total. The van der Waals surface area contributed by atoms with Crippen molar-refractivity contribution in [3.63, 3.8) is 0 Å². The van der Waals surface area contributed by atoms with Gasteiger partial charge < -0.3 is 0 Å². The number of benzene rings is 1. The third-order valence-electron chi connectivity index (χ3n) is 1.82. The molecule has 0 aromatic heterocycles. The van der Waals surface area contributed by atoms with Crippen LogP contribution in [0.15, 0.2) is 40.3 Å². The van der Waals surface area contributed by atoms with Gasteiger partial charge in [0.25, 0.3) is 0 Å². The Hall–Kier alpha value is -0.231. The van der Waals surface area contributed by atoms with Gasteiger partial charge in [-0.2, -0.15) is 0 Å². The van der Waals surface area contributed by atoms with Gasteiger partial charge in [-0.3, -0.25) is 0 Å². The average Bonchev–Trinajstić information content (AvgIpc) is 2.20. The van der Waals surface area contributed by atoms with Gasteiger partial charge in [0.1, 0.15) is 0 Å². The fourth-order valence-corrected chi connectivity index (χ4v) is 3.14. The summed E-state index contributed by atoms with van der Waals surface area (Å²) >= 11 is 6.44. The van der Waals surface area contributed by atoms with Crippen LogP contribution in [-0.2, 0) is 0 Å². The third kappa shape index (κ3) is 4.85. The molecule has 0 aliphatic carbocycles. The summed E-state index contributed by atoms with van der Waals surface area (Å²) < 4.78 is 2.37. The Bertz CT molecular complexity index is 280. The maximum absolute atomic E-state index is 6.14. The van der Waals surface area contributed by atoms with Crippen molar-refractivity contribution in [3.8, 4) is 0 Å². The Kier molecular flexibility index (Phi) is 6.02. The first-order chi connectivity index (χ1) is 6.83. The first-order valence-corrected chi connectivity index (χ1v) is 7.00. The molecule has 0 bridgehead atoms.